The highest BCUT2D eigenvalue weighted by Gasteiger charge is 2.40. The Morgan fingerprint density at radius 1 is 1.35 bits per heavy atom. The molecule has 2 unspecified atom stereocenters. The highest BCUT2D eigenvalue weighted by atomic mass is 16.5. The van der Waals surface area contributed by atoms with E-state index in [9.17, 15) is 0 Å². The van der Waals surface area contributed by atoms with Crippen LogP contribution >= 0.6 is 0 Å². The summed E-state index contributed by atoms with van der Waals surface area (Å²) < 4.78 is 8.11. The molecule has 2 atom stereocenters. The van der Waals surface area contributed by atoms with Crippen LogP contribution in [0.3, 0.4) is 0 Å². The maximum absolute atomic E-state index is 6.27. The first kappa shape index (κ1) is 13.6. The number of imidazole rings is 1. The van der Waals surface area contributed by atoms with Crippen LogP contribution in [0.25, 0.3) is 5.65 Å². The Bertz CT molecular complexity index is 570. The van der Waals surface area contributed by atoms with Gasteiger partial charge in [0.2, 0.25) is 0 Å². The number of rotatable bonds is 3. The maximum atomic E-state index is 6.27. The Hall–Kier alpha value is -1.42. The lowest BCUT2D eigenvalue weighted by Gasteiger charge is -2.30. The molecule has 0 spiro atoms. The van der Waals surface area contributed by atoms with E-state index in [1.54, 1.807) is 6.20 Å². The molecule has 0 aromatic carbocycles. The molecule has 1 saturated heterocycles. The van der Waals surface area contributed by atoms with E-state index in [0.29, 0.717) is 12.0 Å². The highest BCUT2D eigenvalue weighted by Crippen LogP contribution is 2.38. The third-order valence-corrected chi connectivity index (χ3v) is 4.50. The Labute approximate surface area is 120 Å². The Morgan fingerprint density at radius 2 is 2.15 bits per heavy atom. The Morgan fingerprint density at radius 3 is 2.80 bits per heavy atom. The van der Waals surface area contributed by atoms with Crippen molar-refractivity contribution in [1.29, 1.82) is 0 Å². The van der Waals surface area contributed by atoms with Crippen molar-refractivity contribution in [3.8, 4) is 0 Å². The van der Waals surface area contributed by atoms with Gasteiger partial charge in [-0.2, -0.15) is 5.10 Å². The largest absolute Gasteiger partial charge is 0.374 e. The van der Waals surface area contributed by atoms with E-state index in [1.807, 2.05) is 22.8 Å². The van der Waals surface area contributed by atoms with Crippen molar-refractivity contribution in [2.24, 2.45) is 5.92 Å². The predicted octanol–water partition coefficient (Wildman–Crippen LogP) is 3.21. The van der Waals surface area contributed by atoms with Crippen molar-refractivity contribution in [3.63, 3.8) is 0 Å². The first-order chi connectivity index (χ1) is 9.48. The van der Waals surface area contributed by atoms with Gasteiger partial charge in [-0.1, -0.05) is 27.7 Å². The average Bonchev–Trinajstić information content (AvgIpc) is 3.06. The van der Waals surface area contributed by atoms with Gasteiger partial charge in [0.25, 0.3) is 0 Å². The molecule has 3 rings (SSSR count). The molecule has 20 heavy (non-hydrogen) atoms. The van der Waals surface area contributed by atoms with Crippen LogP contribution in [-0.4, -0.2) is 26.8 Å². The van der Waals surface area contributed by atoms with E-state index in [1.165, 1.54) is 0 Å². The highest BCUT2D eigenvalue weighted by molar-refractivity contribution is 5.39. The second kappa shape index (κ2) is 4.85. The van der Waals surface area contributed by atoms with E-state index in [-0.39, 0.29) is 11.5 Å². The molecule has 2 aromatic heterocycles. The molecule has 4 nitrogen and oxygen atoms in total. The fourth-order valence-electron chi connectivity index (χ4n) is 2.99. The van der Waals surface area contributed by atoms with Crippen LogP contribution < -0.4 is 0 Å². The zero-order valence-corrected chi connectivity index (χ0v) is 12.7. The fraction of sp³-hybridized carbons (Fsp3) is 0.625. The lowest BCUT2D eigenvalue weighted by molar-refractivity contribution is -0.0146. The summed E-state index contributed by atoms with van der Waals surface area (Å²) in [7, 11) is 0. The number of aromatic nitrogens is 3. The van der Waals surface area contributed by atoms with E-state index in [2.05, 4.69) is 32.8 Å². The minimum atomic E-state index is -0.0860. The van der Waals surface area contributed by atoms with Gasteiger partial charge in [-0.25, -0.2) is 9.50 Å². The molecular formula is C16H23N3O. The van der Waals surface area contributed by atoms with Crippen molar-refractivity contribution >= 4 is 5.65 Å². The number of fused-ring (bicyclic) bond motifs is 1. The lowest BCUT2D eigenvalue weighted by Crippen LogP contribution is -2.34. The monoisotopic (exact) mass is 273 g/mol. The minimum absolute atomic E-state index is 0.0860. The molecule has 0 bridgehead atoms. The first-order valence-corrected chi connectivity index (χ1v) is 7.45. The van der Waals surface area contributed by atoms with Gasteiger partial charge in [-0.15, -0.1) is 0 Å². The molecule has 0 aliphatic carbocycles. The summed E-state index contributed by atoms with van der Waals surface area (Å²) in [5.41, 5.74) is 1.87. The summed E-state index contributed by atoms with van der Waals surface area (Å²) in [6.45, 7) is 8.91. The zero-order chi connectivity index (χ0) is 14.3. The SMILES string of the molecule is CC(C)C1CCC(C(C)(C)c2cn3ncccc3n2)O1. The molecule has 1 fully saturated rings. The van der Waals surface area contributed by atoms with Gasteiger partial charge in [0.15, 0.2) is 5.65 Å². The molecular weight excluding hydrogens is 250 g/mol. The summed E-state index contributed by atoms with van der Waals surface area (Å²) in [6.07, 6.45) is 6.69. The molecule has 0 N–H and O–H groups in total. The minimum Gasteiger partial charge on any atom is -0.374 e. The van der Waals surface area contributed by atoms with Crippen LogP contribution in [0.2, 0.25) is 0 Å². The van der Waals surface area contributed by atoms with Crippen molar-refractivity contribution in [1.82, 2.24) is 14.6 Å². The Balaban J connectivity index is 1.88. The summed E-state index contributed by atoms with van der Waals surface area (Å²) in [5, 5.41) is 4.30. The quantitative estimate of drug-likeness (QED) is 0.862. The smallest absolute Gasteiger partial charge is 0.153 e. The normalized spacial score (nSPS) is 23.9. The molecule has 4 heteroatoms. The number of hydrogen-bond donors (Lipinski definition) is 0. The summed E-state index contributed by atoms with van der Waals surface area (Å²) in [4.78, 5) is 4.72. The maximum Gasteiger partial charge on any atom is 0.153 e. The summed E-state index contributed by atoms with van der Waals surface area (Å²) in [5.74, 6) is 0.582. The van der Waals surface area contributed by atoms with E-state index in [4.69, 9.17) is 9.72 Å². The van der Waals surface area contributed by atoms with Gasteiger partial charge >= 0.3 is 0 Å². The van der Waals surface area contributed by atoms with Crippen LogP contribution in [0.5, 0.6) is 0 Å². The second-order valence-electron chi connectivity index (χ2n) is 6.66. The van der Waals surface area contributed by atoms with Gasteiger partial charge in [0, 0.05) is 11.6 Å². The predicted molar refractivity (Wildman–Crippen MR) is 78.7 cm³/mol. The van der Waals surface area contributed by atoms with Gasteiger partial charge in [0.05, 0.1) is 24.1 Å². The van der Waals surface area contributed by atoms with Gasteiger partial charge in [-0.05, 0) is 30.9 Å². The molecule has 1 aliphatic heterocycles. The van der Waals surface area contributed by atoms with Crippen molar-refractivity contribution in [2.75, 3.05) is 0 Å². The van der Waals surface area contributed by atoms with Crippen LogP contribution in [0.15, 0.2) is 24.5 Å². The van der Waals surface area contributed by atoms with Gasteiger partial charge < -0.3 is 4.74 Å². The average molecular weight is 273 g/mol. The first-order valence-electron chi connectivity index (χ1n) is 7.45. The molecule has 3 heterocycles. The number of ether oxygens (including phenoxy) is 1. The van der Waals surface area contributed by atoms with Crippen LogP contribution in [0, 0.1) is 5.92 Å². The fourth-order valence-corrected chi connectivity index (χ4v) is 2.99. The zero-order valence-electron chi connectivity index (χ0n) is 12.7. The lowest BCUT2D eigenvalue weighted by atomic mass is 9.82. The van der Waals surface area contributed by atoms with E-state index < -0.39 is 0 Å². The Kier molecular flexibility index (Phi) is 3.28. The van der Waals surface area contributed by atoms with Gasteiger partial charge in [0.1, 0.15) is 0 Å². The topological polar surface area (TPSA) is 39.4 Å². The van der Waals surface area contributed by atoms with Crippen molar-refractivity contribution < 1.29 is 4.74 Å². The van der Waals surface area contributed by atoms with Crippen LogP contribution in [0.4, 0.5) is 0 Å². The third-order valence-electron chi connectivity index (χ3n) is 4.50. The third kappa shape index (κ3) is 2.22. The van der Waals surface area contributed by atoms with Crippen molar-refractivity contribution in [3.05, 3.63) is 30.2 Å². The molecule has 108 valence electrons. The standard InChI is InChI=1S/C16H23N3O/c1-11(2)12-7-8-14(20-12)16(3,4)13-10-19-15(18-13)6-5-9-17-19/h5-6,9-12,14H,7-8H2,1-4H3. The van der Waals surface area contributed by atoms with Gasteiger partial charge in [-0.3, -0.25) is 0 Å². The molecule has 0 saturated carbocycles. The van der Waals surface area contributed by atoms with E-state index >= 15 is 0 Å². The summed E-state index contributed by atoms with van der Waals surface area (Å²) >= 11 is 0. The van der Waals surface area contributed by atoms with Crippen molar-refractivity contribution in [2.45, 2.75) is 58.2 Å². The van der Waals surface area contributed by atoms with Crippen LogP contribution in [0.1, 0.15) is 46.2 Å². The molecule has 0 radical (unpaired) electrons. The molecule has 0 amide bonds. The molecule has 1 aliphatic rings. The summed E-state index contributed by atoms with van der Waals surface area (Å²) in [6, 6.07) is 3.90. The van der Waals surface area contributed by atoms with E-state index in [0.717, 1.165) is 24.2 Å². The molecule has 2 aromatic rings. The second-order valence-corrected chi connectivity index (χ2v) is 6.66. The number of nitrogens with zero attached hydrogens (tertiary/aromatic N) is 3. The van der Waals surface area contributed by atoms with Crippen LogP contribution in [-0.2, 0) is 10.2 Å². The number of hydrogen-bond acceptors (Lipinski definition) is 3.